The Hall–Kier alpha value is -8.89. The molecule has 0 saturated heterocycles. The van der Waals surface area contributed by atoms with Crippen LogP contribution in [-0.2, 0) is 13.1 Å². The van der Waals surface area contributed by atoms with E-state index in [4.69, 9.17) is 5.73 Å². The van der Waals surface area contributed by atoms with Crippen LogP contribution < -0.4 is 27.7 Å². The van der Waals surface area contributed by atoms with Crippen molar-refractivity contribution in [1.82, 2.24) is 33.6 Å². The summed E-state index contributed by atoms with van der Waals surface area (Å²) in [6.07, 6.45) is 6.46. The highest BCUT2D eigenvalue weighted by molar-refractivity contribution is 5.88. The van der Waals surface area contributed by atoms with Gasteiger partial charge in [-0.2, -0.15) is 10.5 Å². The summed E-state index contributed by atoms with van der Waals surface area (Å²) < 4.78 is 32.9. The van der Waals surface area contributed by atoms with Crippen LogP contribution in [0.25, 0.3) is 33.9 Å². The number of pyridine rings is 2. The first-order chi connectivity index (χ1) is 30.6. The number of nitrogens with one attached hydrogen (secondary N) is 2. The van der Waals surface area contributed by atoms with E-state index in [1.165, 1.54) is 60.9 Å². The number of nitrogens with zero attached hydrogens (tertiary/aromatic N) is 8. The molecule has 0 fully saturated rings. The van der Waals surface area contributed by atoms with Crippen molar-refractivity contribution in [1.29, 1.82) is 10.5 Å². The van der Waals surface area contributed by atoms with Gasteiger partial charge in [0.1, 0.15) is 23.3 Å². The van der Waals surface area contributed by atoms with Crippen LogP contribution in [0, 0.1) is 34.3 Å². The Morgan fingerprint density at radius 3 is 1.59 bits per heavy atom. The minimum Gasteiger partial charge on any atom is -0.384 e. The lowest BCUT2D eigenvalue weighted by Gasteiger charge is -2.09. The maximum atomic E-state index is 13.6. The van der Waals surface area contributed by atoms with Crippen LogP contribution in [0.1, 0.15) is 29.2 Å². The SMILES string of the molecule is CCNC(=O)Nc1cc(-c2cn(Cc3ccccc3C#N)c(=O)n2-c2ccc(F)cc2)ccn1.N#Cc1ccccc1Cn1cc(-c2ccnc(N)c2)n(-c2ccc(F)cc2)c1=O. The lowest BCUT2D eigenvalue weighted by Crippen LogP contribution is -2.28. The summed E-state index contributed by atoms with van der Waals surface area (Å²) in [6.45, 7) is 2.67. The van der Waals surface area contributed by atoms with E-state index in [1.54, 1.807) is 98.3 Å². The van der Waals surface area contributed by atoms with Gasteiger partial charge in [0.15, 0.2) is 0 Å². The van der Waals surface area contributed by atoms with Gasteiger partial charge in [-0.15, -0.1) is 0 Å². The highest BCUT2D eigenvalue weighted by Crippen LogP contribution is 2.26. The fourth-order valence-corrected chi connectivity index (χ4v) is 6.79. The first-order valence-electron chi connectivity index (χ1n) is 19.4. The standard InChI is InChI=1S/C25H21FN6O2.C22H16FN5O/c1-2-28-24(33)30-23-13-17(11-12-29-23)22-16-31(15-19-6-4-3-5-18(19)14-27)25(34)32(22)21-9-7-20(26)8-10-21;23-18-5-7-19(8-6-18)28-20(15-9-10-26-21(25)11-15)14-27(22(28)29)13-17-4-2-1-3-16(17)12-24/h3-13,16H,2,15H2,1H3,(H2,28,29,30,33);1-11,14H,13H2,(H2,25,26). The molecule has 0 aliphatic heterocycles. The van der Waals surface area contributed by atoms with Crippen molar-refractivity contribution in [2.75, 3.05) is 17.6 Å². The number of nitrogens with two attached hydrogens (primary N) is 1. The molecule has 14 nitrogen and oxygen atoms in total. The minimum atomic E-state index is -0.418. The number of anilines is 2. The third-order valence-electron chi connectivity index (χ3n) is 9.75. The number of halogens is 2. The topological polar surface area (TPSA) is 194 Å². The van der Waals surface area contributed by atoms with Gasteiger partial charge in [0.05, 0.1) is 59.1 Å². The predicted molar refractivity (Wildman–Crippen MR) is 234 cm³/mol. The molecule has 4 aromatic carbocycles. The molecule has 8 aromatic rings. The first-order valence-corrected chi connectivity index (χ1v) is 19.4. The van der Waals surface area contributed by atoms with Gasteiger partial charge in [-0.3, -0.25) is 23.6 Å². The van der Waals surface area contributed by atoms with E-state index in [2.05, 4.69) is 32.7 Å². The molecular formula is C47H37F2N11O3. The van der Waals surface area contributed by atoms with Crippen LogP contribution in [-0.4, -0.2) is 40.8 Å². The summed E-state index contributed by atoms with van der Waals surface area (Å²) in [5.74, 6) is -0.177. The number of carbonyl (C=O) groups excluding carboxylic acids is 1. The van der Waals surface area contributed by atoms with Gasteiger partial charge in [-0.1, -0.05) is 36.4 Å². The van der Waals surface area contributed by atoms with Crippen molar-refractivity contribution in [2.24, 2.45) is 0 Å². The Balaban J connectivity index is 0.000000191. The van der Waals surface area contributed by atoms with Gasteiger partial charge in [-0.25, -0.2) is 33.1 Å². The summed E-state index contributed by atoms with van der Waals surface area (Å²) in [6, 6.07) is 36.1. The van der Waals surface area contributed by atoms with Gasteiger partial charge in [0, 0.05) is 42.5 Å². The van der Waals surface area contributed by atoms with Crippen LogP contribution in [0.4, 0.5) is 25.2 Å². The van der Waals surface area contributed by atoms with E-state index < -0.39 is 11.8 Å². The van der Waals surface area contributed by atoms with Crippen LogP contribution in [0.2, 0.25) is 0 Å². The molecule has 4 heterocycles. The second-order valence-corrected chi connectivity index (χ2v) is 13.9. The average molecular weight is 842 g/mol. The van der Waals surface area contributed by atoms with Crippen molar-refractivity contribution >= 4 is 17.7 Å². The van der Waals surface area contributed by atoms with Crippen LogP contribution in [0.15, 0.2) is 156 Å². The number of hydrogen-bond acceptors (Lipinski definition) is 8. The number of aromatic nitrogens is 6. The monoisotopic (exact) mass is 841 g/mol. The molecule has 0 atom stereocenters. The largest absolute Gasteiger partial charge is 0.384 e. The predicted octanol–water partition coefficient (Wildman–Crippen LogP) is 7.24. The number of imidazole rings is 2. The number of nitrogen functional groups attached to an aromatic ring is 1. The number of rotatable bonds is 10. The van der Waals surface area contributed by atoms with Gasteiger partial charge in [0.2, 0.25) is 0 Å². The van der Waals surface area contributed by atoms with Gasteiger partial charge < -0.3 is 11.1 Å². The molecule has 4 N–H and O–H groups in total. The summed E-state index contributed by atoms with van der Waals surface area (Å²) >= 11 is 0. The van der Waals surface area contributed by atoms with Gasteiger partial charge >= 0.3 is 17.4 Å². The van der Waals surface area contributed by atoms with Crippen molar-refractivity contribution in [3.8, 4) is 46.0 Å². The molecule has 0 radical (unpaired) electrons. The van der Waals surface area contributed by atoms with Crippen molar-refractivity contribution in [2.45, 2.75) is 20.0 Å². The van der Waals surface area contributed by atoms with Crippen LogP contribution >= 0.6 is 0 Å². The molecule has 312 valence electrons. The number of benzene rings is 4. The Morgan fingerprint density at radius 2 is 1.13 bits per heavy atom. The third-order valence-corrected chi connectivity index (χ3v) is 9.75. The fraction of sp³-hybridized carbons (Fsp3) is 0.0851. The quantitative estimate of drug-likeness (QED) is 0.128. The maximum Gasteiger partial charge on any atom is 0.333 e. The highest BCUT2D eigenvalue weighted by Gasteiger charge is 2.19. The molecular weight excluding hydrogens is 805 g/mol. The first kappa shape index (κ1) is 42.2. The zero-order valence-electron chi connectivity index (χ0n) is 33.6. The van der Waals surface area contributed by atoms with Gasteiger partial charge in [0.25, 0.3) is 0 Å². The van der Waals surface area contributed by atoms with Gasteiger partial charge in [-0.05, 0) is 103 Å². The zero-order chi connectivity index (χ0) is 44.5. The molecule has 0 aliphatic rings. The number of carbonyl (C=O) groups is 1. The van der Waals surface area contributed by atoms with E-state index in [1.807, 2.05) is 12.1 Å². The third kappa shape index (κ3) is 9.62. The molecule has 0 bridgehead atoms. The van der Waals surface area contributed by atoms with E-state index >= 15 is 0 Å². The Bertz CT molecular complexity index is 3140. The maximum absolute atomic E-state index is 13.6. The summed E-state index contributed by atoms with van der Waals surface area (Å²) in [5.41, 5.74) is 11.0. The molecule has 4 aromatic heterocycles. The van der Waals surface area contributed by atoms with E-state index in [-0.39, 0.29) is 30.3 Å². The second-order valence-electron chi connectivity index (χ2n) is 13.9. The molecule has 0 saturated carbocycles. The average Bonchev–Trinajstić information content (AvgIpc) is 3.79. The highest BCUT2D eigenvalue weighted by atomic mass is 19.1. The Kier molecular flexibility index (Phi) is 12.7. The molecule has 0 spiro atoms. The summed E-state index contributed by atoms with van der Waals surface area (Å²) in [7, 11) is 0. The molecule has 63 heavy (non-hydrogen) atoms. The normalized spacial score (nSPS) is 10.6. The Labute approximate surface area is 359 Å². The number of nitriles is 2. The molecule has 16 heteroatoms. The fourth-order valence-electron chi connectivity index (χ4n) is 6.79. The molecule has 0 unspecified atom stereocenters. The van der Waals surface area contributed by atoms with Crippen molar-refractivity contribution in [3.63, 3.8) is 0 Å². The minimum absolute atomic E-state index is 0.179. The van der Waals surface area contributed by atoms with Crippen LogP contribution in [0.3, 0.4) is 0 Å². The number of hydrogen-bond donors (Lipinski definition) is 3. The van der Waals surface area contributed by atoms with Crippen LogP contribution in [0.5, 0.6) is 0 Å². The second kappa shape index (κ2) is 19.0. The van der Waals surface area contributed by atoms with E-state index in [0.29, 0.717) is 68.8 Å². The lowest BCUT2D eigenvalue weighted by molar-refractivity contribution is 0.252. The van der Waals surface area contributed by atoms with E-state index in [9.17, 15) is 33.7 Å². The molecule has 0 aliphatic carbocycles. The summed E-state index contributed by atoms with van der Waals surface area (Å²) in [5, 5.41) is 24.1. The van der Waals surface area contributed by atoms with Crippen molar-refractivity contribution in [3.05, 3.63) is 201 Å². The smallest absolute Gasteiger partial charge is 0.333 e. The lowest BCUT2D eigenvalue weighted by atomic mass is 10.1. The number of amides is 2. The Morgan fingerprint density at radius 1 is 0.667 bits per heavy atom. The molecule has 2 amide bonds. The van der Waals surface area contributed by atoms with Crippen molar-refractivity contribution < 1.29 is 13.6 Å². The zero-order valence-corrected chi connectivity index (χ0v) is 33.6. The van der Waals surface area contributed by atoms with E-state index in [0.717, 1.165) is 5.56 Å². The number of urea groups is 1. The molecule has 8 rings (SSSR count). The summed E-state index contributed by atoms with van der Waals surface area (Å²) in [4.78, 5) is 46.8.